The van der Waals surface area contributed by atoms with Gasteiger partial charge in [0, 0.05) is 31.2 Å². The summed E-state index contributed by atoms with van der Waals surface area (Å²) in [6.45, 7) is 5.73. The number of nitrogens with one attached hydrogen (secondary N) is 2. The largest absolute Gasteiger partial charge is 0.349 e. The number of nitrogens with zero attached hydrogens (tertiary/aromatic N) is 2. The van der Waals surface area contributed by atoms with Crippen molar-refractivity contribution in [3.63, 3.8) is 0 Å². The van der Waals surface area contributed by atoms with Gasteiger partial charge in [-0.1, -0.05) is 24.6 Å². The molecule has 0 aliphatic carbocycles. The monoisotopic (exact) mass is 347 g/mol. The van der Waals surface area contributed by atoms with Crippen LogP contribution in [-0.2, 0) is 4.79 Å². The van der Waals surface area contributed by atoms with Crippen LogP contribution in [0, 0.1) is 0 Å². The van der Waals surface area contributed by atoms with Gasteiger partial charge in [0.25, 0.3) is 0 Å². The first-order valence-electron chi connectivity index (χ1n) is 8.62. The van der Waals surface area contributed by atoms with Crippen LogP contribution in [0.5, 0.6) is 0 Å². The van der Waals surface area contributed by atoms with Gasteiger partial charge in [0.1, 0.15) is 5.65 Å². The number of quaternary nitrogens is 1. The summed E-state index contributed by atoms with van der Waals surface area (Å²) in [5.41, 5.74) is 1.50. The van der Waals surface area contributed by atoms with E-state index in [9.17, 15) is 4.79 Å². The van der Waals surface area contributed by atoms with Gasteiger partial charge in [0.15, 0.2) is 5.15 Å². The number of halogens is 1. The molecule has 1 aliphatic heterocycles. The first-order chi connectivity index (χ1) is 11.7. The number of likely N-dealkylation sites (tertiary alicyclic amines) is 1. The Bertz CT molecular complexity index is 732. The quantitative estimate of drug-likeness (QED) is 0.807. The zero-order valence-corrected chi connectivity index (χ0v) is 14.7. The standard InChI is InChI=1S/C18H23ClN4O/c1-2-10-22-12-8-14(9-13-22)20-17(24)7-6-15-18(19)21-16-5-3-4-11-23(15)16/h3-7,11,14H,2,8-10,12-13H2,1H3,(H,20,24)/p+1/b7-6+. The minimum absolute atomic E-state index is 0.0686. The molecule has 0 unspecified atom stereocenters. The number of piperidine rings is 1. The fourth-order valence-corrected chi connectivity index (χ4v) is 3.55. The first kappa shape index (κ1) is 17.0. The number of rotatable bonds is 5. The lowest BCUT2D eigenvalue weighted by molar-refractivity contribution is -0.905. The number of fused-ring (bicyclic) bond motifs is 1. The van der Waals surface area contributed by atoms with Crippen molar-refractivity contribution < 1.29 is 9.69 Å². The third-order valence-electron chi connectivity index (χ3n) is 4.56. The number of aromatic nitrogens is 2. The summed E-state index contributed by atoms with van der Waals surface area (Å²) in [5.74, 6) is -0.0686. The summed E-state index contributed by atoms with van der Waals surface area (Å²) in [4.78, 5) is 18.1. The molecule has 1 saturated heterocycles. The van der Waals surface area contributed by atoms with Crippen LogP contribution in [0.4, 0.5) is 0 Å². The van der Waals surface area contributed by atoms with Crippen molar-refractivity contribution in [2.45, 2.75) is 32.2 Å². The molecule has 0 atom stereocenters. The Balaban J connectivity index is 1.59. The molecule has 2 aromatic rings. The summed E-state index contributed by atoms with van der Waals surface area (Å²) in [7, 11) is 0. The van der Waals surface area contributed by atoms with Gasteiger partial charge in [-0.2, -0.15) is 0 Å². The molecule has 24 heavy (non-hydrogen) atoms. The maximum atomic E-state index is 12.2. The van der Waals surface area contributed by atoms with E-state index in [2.05, 4.69) is 17.2 Å². The van der Waals surface area contributed by atoms with E-state index in [1.54, 1.807) is 17.1 Å². The molecule has 5 nitrogen and oxygen atoms in total. The third kappa shape index (κ3) is 3.97. The summed E-state index contributed by atoms with van der Waals surface area (Å²) in [5, 5.41) is 3.50. The van der Waals surface area contributed by atoms with E-state index in [1.807, 2.05) is 28.8 Å². The number of hydrogen-bond acceptors (Lipinski definition) is 2. The predicted octanol–water partition coefficient (Wildman–Crippen LogP) is 1.57. The lowest BCUT2D eigenvalue weighted by Gasteiger charge is -2.29. The van der Waals surface area contributed by atoms with Crippen molar-refractivity contribution in [1.29, 1.82) is 0 Å². The second kappa shape index (κ2) is 7.81. The van der Waals surface area contributed by atoms with Crippen LogP contribution in [0.1, 0.15) is 31.9 Å². The van der Waals surface area contributed by atoms with E-state index in [0.717, 1.165) is 37.3 Å². The molecule has 3 rings (SSSR count). The van der Waals surface area contributed by atoms with Gasteiger partial charge in [-0.15, -0.1) is 0 Å². The van der Waals surface area contributed by atoms with Crippen LogP contribution >= 0.6 is 11.6 Å². The molecular formula is C18H24ClN4O+. The topological polar surface area (TPSA) is 50.8 Å². The number of carbonyl (C=O) groups excluding carboxylic acids is 1. The fraction of sp³-hybridized carbons (Fsp3) is 0.444. The van der Waals surface area contributed by atoms with Crippen LogP contribution in [0.15, 0.2) is 30.5 Å². The molecule has 2 aromatic heterocycles. The Morgan fingerprint density at radius 1 is 1.46 bits per heavy atom. The lowest BCUT2D eigenvalue weighted by Crippen LogP contribution is -3.13. The molecule has 0 radical (unpaired) electrons. The Kier molecular flexibility index (Phi) is 5.53. The average Bonchev–Trinajstić information content (AvgIpc) is 2.90. The van der Waals surface area contributed by atoms with E-state index in [0.29, 0.717) is 5.15 Å². The highest BCUT2D eigenvalue weighted by Gasteiger charge is 2.22. The molecule has 0 saturated carbocycles. The molecule has 128 valence electrons. The summed E-state index contributed by atoms with van der Waals surface area (Å²) in [6, 6.07) is 5.98. The minimum atomic E-state index is -0.0686. The maximum absolute atomic E-state index is 12.2. The van der Waals surface area contributed by atoms with Crippen molar-refractivity contribution in [3.05, 3.63) is 41.3 Å². The van der Waals surface area contributed by atoms with Gasteiger partial charge < -0.3 is 10.2 Å². The summed E-state index contributed by atoms with van der Waals surface area (Å²) >= 11 is 6.17. The highest BCUT2D eigenvalue weighted by Crippen LogP contribution is 2.18. The fourth-order valence-electron chi connectivity index (χ4n) is 3.31. The van der Waals surface area contributed by atoms with Gasteiger partial charge in [0.2, 0.25) is 5.91 Å². The van der Waals surface area contributed by atoms with E-state index in [4.69, 9.17) is 11.6 Å². The number of pyridine rings is 1. The van der Waals surface area contributed by atoms with E-state index in [1.165, 1.54) is 13.0 Å². The minimum Gasteiger partial charge on any atom is -0.349 e. The zero-order chi connectivity index (χ0) is 16.9. The number of amides is 1. The number of carbonyl (C=O) groups is 1. The molecule has 1 fully saturated rings. The van der Waals surface area contributed by atoms with Crippen LogP contribution in [0.3, 0.4) is 0 Å². The lowest BCUT2D eigenvalue weighted by atomic mass is 10.0. The molecular weight excluding hydrogens is 324 g/mol. The van der Waals surface area contributed by atoms with Crippen LogP contribution in [-0.4, -0.2) is 41.0 Å². The normalized spacial score (nSPS) is 21.4. The second-order valence-corrected chi connectivity index (χ2v) is 6.69. The van der Waals surface area contributed by atoms with E-state index >= 15 is 0 Å². The van der Waals surface area contributed by atoms with Gasteiger partial charge in [-0.3, -0.25) is 9.20 Å². The Morgan fingerprint density at radius 3 is 3.00 bits per heavy atom. The third-order valence-corrected chi connectivity index (χ3v) is 4.84. The van der Waals surface area contributed by atoms with Crippen molar-refractivity contribution >= 4 is 29.2 Å². The predicted molar refractivity (Wildman–Crippen MR) is 96.3 cm³/mol. The smallest absolute Gasteiger partial charge is 0.244 e. The van der Waals surface area contributed by atoms with E-state index in [-0.39, 0.29) is 11.9 Å². The summed E-state index contributed by atoms with van der Waals surface area (Å²) < 4.78 is 1.87. The Labute approximate surface area is 147 Å². The number of hydrogen-bond donors (Lipinski definition) is 2. The molecule has 2 N–H and O–H groups in total. The van der Waals surface area contributed by atoms with Gasteiger partial charge >= 0.3 is 0 Å². The zero-order valence-electron chi connectivity index (χ0n) is 14.0. The maximum Gasteiger partial charge on any atom is 0.244 e. The van der Waals surface area contributed by atoms with Crippen molar-refractivity contribution in [2.24, 2.45) is 0 Å². The van der Waals surface area contributed by atoms with Gasteiger partial charge in [0.05, 0.1) is 25.3 Å². The SMILES string of the molecule is CCC[NH+]1CCC(NC(=O)/C=C/c2c(Cl)nc3ccccn23)CC1. The molecule has 1 amide bonds. The van der Waals surface area contributed by atoms with Crippen LogP contribution in [0.25, 0.3) is 11.7 Å². The highest BCUT2D eigenvalue weighted by atomic mass is 35.5. The molecule has 3 heterocycles. The highest BCUT2D eigenvalue weighted by molar-refractivity contribution is 6.31. The van der Waals surface area contributed by atoms with E-state index < -0.39 is 0 Å². The molecule has 0 spiro atoms. The Hall–Kier alpha value is -1.85. The van der Waals surface area contributed by atoms with Gasteiger partial charge in [-0.25, -0.2) is 4.98 Å². The summed E-state index contributed by atoms with van der Waals surface area (Å²) in [6.07, 6.45) is 8.48. The second-order valence-electron chi connectivity index (χ2n) is 6.33. The number of imidazole rings is 1. The van der Waals surface area contributed by atoms with Crippen molar-refractivity contribution in [3.8, 4) is 0 Å². The van der Waals surface area contributed by atoms with Crippen LogP contribution < -0.4 is 10.2 Å². The molecule has 0 aromatic carbocycles. The Morgan fingerprint density at radius 2 is 2.25 bits per heavy atom. The van der Waals surface area contributed by atoms with Crippen molar-refractivity contribution in [1.82, 2.24) is 14.7 Å². The average molecular weight is 348 g/mol. The molecule has 6 heteroatoms. The first-order valence-corrected chi connectivity index (χ1v) is 9.00. The van der Waals surface area contributed by atoms with Crippen LogP contribution in [0.2, 0.25) is 5.15 Å². The molecule has 1 aliphatic rings. The van der Waals surface area contributed by atoms with Gasteiger partial charge in [-0.05, 0) is 24.6 Å². The van der Waals surface area contributed by atoms with Crippen molar-refractivity contribution in [2.75, 3.05) is 19.6 Å². The molecule has 0 bridgehead atoms.